The lowest BCUT2D eigenvalue weighted by Crippen LogP contribution is -2.33. The fourth-order valence-electron chi connectivity index (χ4n) is 2.26. The van der Waals surface area contributed by atoms with Gasteiger partial charge in [-0.2, -0.15) is 4.98 Å². The van der Waals surface area contributed by atoms with Gasteiger partial charge in [0.05, 0.1) is 12.7 Å². The third-order valence-corrected chi connectivity index (χ3v) is 3.27. The van der Waals surface area contributed by atoms with Crippen LogP contribution < -0.4 is 10.6 Å². The summed E-state index contributed by atoms with van der Waals surface area (Å²) in [4.78, 5) is 4.37. The number of hydrogen-bond donors (Lipinski definition) is 2. The van der Waals surface area contributed by atoms with Crippen molar-refractivity contribution in [1.82, 2.24) is 19.9 Å². The quantitative estimate of drug-likeness (QED) is 0.783. The van der Waals surface area contributed by atoms with Gasteiger partial charge in [0.2, 0.25) is 5.95 Å². The third kappa shape index (κ3) is 3.21. The van der Waals surface area contributed by atoms with Crippen molar-refractivity contribution in [3.63, 3.8) is 0 Å². The molecule has 2 N–H and O–H groups in total. The van der Waals surface area contributed by atoms with Crippen molar-refractivity contribution in [3.05, 3.63) is 24.4 Å². The van der Waals surface area contributed by atoms with E-state index < -0.39 is 0 Å². The normalized spacial score (nSPS) is 16.8. The summed E-state index contributed by atoms with van der Waals surface area (Å²) in [6, 6.07) is 5.82. The number of hydrogen-bond acceptors (Lipinski definition) is 5. The fraction of sp³-hybridized carbons (Fsp3) is 0.538. The van der Waals surface area contributed by atoms with Gasteiger partial charge in [0, 0.05) is 12.7 Å². The summed E-state index contributed by atoms with van der Waals surface area (Å²) in [5.74, 6) is 0.653. The van der Waals surface area contributed by atoms with Crippen LogP contribution in [0.2, 0.25) is 0 Å². The molecule has 1 saturated heterocycles. The van der Waals surface area contributed by atoms with Crippen LogP contribution in [0.3, 0.4) is 0 Å². The summed E-state index contributed by atoms with van der Waals surface area (Å²) >= 11 is 0. The van der Waals surface area contributed by atoms with E-state index in [9.17, 15) is 0 Å². The van der Waals surface area contributed by atoms with Crippen LogP contribution in [0.15, 0.2) is 24.4 Å². The molecule has 6 nitrogen and oxygen atoms in total. The Hall–Kier alpha value is -1.66. The number of piperidine rings is 1. The fourth-order valence-corrected chi connectivity index (χ4v) is 2.26. The van der Waals surface area contributed by atoms with Crippen LogP contribution in [0.1, 0.15) is 12.8 Å². The Kier molecular flexibility index (Phi) is 3.90. The van der Waals surface area contributed by atoms with Crippen molar-refractivity contribution in [3.8, 4) is 0 Å². The van der Waals surface area contributed by atoms with Crippen molar-refractivity contribution < 1.29 is 4.74 Å². The number of nitrogens with one attached hydrogen (secondary N) is 2. The van der Waals surface area contributed by atoms with Gasteiger partial charge in [0.15, 0.2) is 5.65 Å². The Morgan fingerprint density at radius 2 is 2.26 bits per heavy atom. The molecular weight excluding hydrogens is 242 g/mol. The molecule has 0 bridgehead atoms. The van der Waals surface area contributed by atoms with Gasteiger partial charge in [0.1, 0.15) is 0 Å². The monoisotopic (exact) mass is 261 g/mol. The lowest BCUT2D eigenvalue weighted by Gasteiger charge is -2.22. The zero-order valence-electron chi connectivity index (χ0n) is 10.9. The highest BCUT2D eigenvalue weighted by atomic mass is 16.5. The molecule has 2 aromatic heterocycles. The highest BCUT2D eigenvalue weighted by Gasteiger charge is 2.12. The summed E-state index contributed by atoms with van der Waals surface area (Å²) in [5, 5.41) is 10.8. The molecule has 0 radical (unpaired) electrons. The molecule has 2 aromatic rings. The van der Waals surface area contributed by atoms with E-state index in [1.165, 1.54) is 0 Å². The van der Waals surface area contributed by atoms with Crippen molar-refractivity contribution in [1.29, 1.82) is 0 Å². The molecule has 6 heteroatoms. The van der Waals surface area contributed by atoms with E-state index in [1.807, 2.05) is 24.4 Å². The number of aromatic nitrogens is 3. The highest BCUT2D eigenvalue weighted by molar-refractivity contribution is 5.42. The van der Waals surface area contributed by atoms with Gasteiger partial charge in [-0.3, -0.25) is 0 Å². The second kappa shape index (κ2) is 5.99. The summed E-state index contributed by atoms with van der Waals surface area (Å²) in [6.07, 6.45) is 4.50. The third-order valence-electron chi connectivity index (χ3n) is 3.27. The van der Waals surface area contributed by atoms with Gasteiger partial charge in [-0.15, -0.1) is 5.10 Å². The minimum absolute atomic E-state index is 0.400. The van der Waals surface area contributed by atoms with Crippen LogP contribution in [-0.4, -0.2) is 46.9 Å². The maximum Gasteiger partial charge on any atom is 0.243 e. The van der Waals surface area contributed by atoms with Crippen LogP contribution in [0.4, 0.5) is 5.95 Å². The molecule has 1 aliphatic heterocycles. The van der Waals surface area contributed by atoms with Gasteiger partial charge in [0.25, 0.3) is 0 Å². The minimum atomic E-state index is 0.400. The zero-order chi connectivity index (χ0) is 12.9. The van der Waals surface area contributed by atoms with Crippen LogP contribution in [-0.2, 0) is 4.74 Å². The van der Waals surface area contributed by atoms with Gasteiger partial charge in [-0.25, -0.2) is 4.52 Å². The van der Waals surface area contributed by atoms with Crippen molar-refractivity contribution >= 4 is 11.6 Å². The second-order valence-electron chi connectivity index (χ2n) is 4.69. The standard InChI is InChI=1S/C13H19N5O/c1-2-9-18-12(3-1)16-13(17-18)15-8-10-19-11-4-6-14-7-5-11/h1-3,9,11,14H,4-8,10H2,(H,15,17). The number of pyridine rings is 1. The van der Waals surface area contributed by atoms with Crippen LogP contribution >= 0.6 is 0 Å². The summed E-state index contributed by atoms with van der Waals surface area (Å²) in [6.45, 7) is 3.55. The predicted octanol–water partition coefficient (Wildman–Crippen LogP) is 0.910. The van der Waals surface area contributed by atoms with E-state index in [0.29, 0.717) is 18.7 Å². The van der Waals surface area contributed by atoms with Crippen LogP contribution in [0.25, 0.3) is 5.65 Å². The Labute approximate surface area is 112 Å². The van der Waals surface area contributed by atoms with E-state index >= 15 is 0 Å². The summed E-state index contributed by atoms with van der Waals surface area (Å²) < 4.78 is 7.57. The minimum Gasteiger partial charge on any atom is -0.376 e. The molecule has 1 fully saturated rings. The number of anilines is 1. The Morgan fingerprint density at radius 3 is 3.11 bits per heavy atom. The Balaban J connectivity index is 1.44. The number of fused-ring (bicyclic) bond motifs is 1. The van der Waals surface area contributed by atoms with Crippen LogP contribution in [0, 0.1) is 0 Å². The molecule has 102 valence electrons. The van der Waals surface area contributed by atoms with Gasteiger partial charge in [-0.05, 0) is 38.1 Å². The Morgan fingerprint density at radius 1 is 1.37 bits per heavy atom. The smallest absolute Gasteiger partial charge is 0.243 e. The van der Waals surface area contributed by atoms with Crippen molar-refractivity contribution in [2.45, 2.75) is 18.9 Å². The maximum atomic E-state index is 5.81. The molecule has 0 saturated carbocycles. The molecule has 0 unspecified atom stereocenters. The van der Waals surface area contributed by atoms with Gasteiger partial charge in [-0.1, -0.05) is 6.07 Å². The molecule has 0 atom stereocenters. The molecule has 0 aromatic carbocycles. The molecule has 0 aliphatic carbocycles. The molecule has 3 rings (SSSR count). The topological polar surface area (TPSA) is 63.5 Å². The first-order valence-corrected chi connectivity index (χ1v) is 6.79. The predicted molar refractivity (Wildman–Crippen MR) is 73.3 cm³/mol. The SMILES string of the molecule is c1ccn2nc(NCCOC3CCNCC3)nc2c1. The average molecular weight is 261 g/mol. The van der Waals surface area contributed by atoms with Crippen molar-refractivity contribution in [2.24, 2.45) is 0 Å². The highest BCUT2D eigenvalue weighted by Crippen LogP contribution is 2.07. The average Bonchev–Trinajstić information content (AvgIpc) is 2.87. The van der Waals surface area contributed by atoms with Crippen LogP contribution in [0.5, 0.6) is 0 Å². The molecule has 0 spiro atoms. The summed E-state index contributed by atoms with van der Waals surface area (Å²) in [7, 11) is 0. The van der Waals surface area contributed by atoms with E-state index in [2.05, 4.69) is 20.7 Å². The van der Waals surface area contributed by atoms with Gasteiger partial charge >= 0.3 is 0 Å². The summed E-state index contributed by atoms with van der Waals surface area (Å²) in [5.41, 5.74) is 0.851. The lowest BCUT2D eigenvalue weighted by atomic mass is 10.1. The number of rotatable bonds is 5. The zero-order valence-corrected chi connectivity index (χ0v) is 10.9. The molecule has 1 aliphatic rings. The van der Waals surface area contributed by atoms with E-state index in [1.54, 1.807) is 4.52 Å². The van der Waals surface area contributed by atoms with E-state index in [4.69, 9.17) is 4.74 Å². The van der Waals surface area contributed by atoms with E-state index in [0.717, 1.165) is 38.1 Å². The first-order valence-electron chi connectivity index (χ1n) is 6.79. The molecule has 19 heavy (non-hydrogen) atoms. The Bertz CT molecular complexity index is 487. The first-order chi connectivity index (χ1) is 9.42. The molecular formula is C13H19N5O. The lowest BCUT2D eigenvalue weighted by molar-refractivity contribution is 0.0394. The largest absolute Gasteiger partial charge is 0.376 e. The maximum absolute atomic E-state index is 5.81. The first kappa shape index (κ1) is 12.4. The van der Waals surface area contributed by atoms with Gasteiger partial charge < -0.3 is 15.4 Å². The number of ether oxygens (including phenoxy) is 1. The van der Waals surface area contributed by atoms with Crippen molar-refractivity contribution in [2.75, 3.05) is 31.6 Å². The van der Waals surface area contributed by atoms with E-state index in [-0.39, 0.29) is 0 Å². The second-order valence-corrected chi connectivity index (χ2v) is 4.69. The molecule has 3 heterocycles. The number of nitrogens with zero attached hydrogens (tertiary/aromatic N) is 3. The molecule has 0 amide bonds.